The molecular formula is C16H21NO3. The molecule has 2 aliphatic carbocycles. The van der Waals surface area contributed by atoms with Gasteiger partial charge in [-0.25, -0.2) is 0 Å². The number of methoxy groups -OCH3 is 2. The van der Waals surface area contributed by atoms with Crippen molar-refractivity contribution in [2.75, 3.05) is 14.2 Å². The fourth-order valence-electron chi connectivity index (χ4n) is 3.74. The SMILES string of the molecule is COc1cccc(OC)c1C(=O)NC1CC2CCC1C2. The molecule has 1 amide bonds. The molecule has 4 heteroatoms. The Bertz CT molecular complexity index is 492. The highest BCUT2D eigenvalue weighted by molar-refractivity contribution is 5.99. The number of carbonyl (C=O) groups is 1. The van der Waals surface area contributed by atoms with Crippen LogP contribution in [0.1, 0.15) is 36.0 Å². The smallest absolute Gasteiger partial charge is 0.259 e. The number of hydrogen-bond donors (Lipinski definition) is 1. The number of carbonyl (C=O) groups excluding carboxylic acids is 1. The molecule has 20 heavy (non-hydrogen) atoms. The lowest BCUT2D eigenvalue weighted by Crippen LogP contribution is -2.38. The molecule has 0 aliphatic heterocycles. The van der Waals surface area contributed by atoms with E-state index in [1.54, 1.807) is 26.4 Å². The summed E-state index contributed by atoms with van der Waals surface area (Å²) in [5.74, 6) is 2.50. The Morgan fingerprint density at radius 3 is 2.35 bits per heavy atom. The largest absolute Gasteiger partial charge is 0.496 e. The van der Waals surface area contributed by atoms with Crippen molar-refractivity contribution in [3.8, 4) is 11.5 Å². The molecule has 108 valence electrons. The van der Waals surface area contributed by atoms with Gasteiger partial charge in [-0.15, -0.1) is 0 Å². The number of ether oxygens (including phenoxy) is 2. The van der Waals surface area contributed by atoms with Gasteiger partial charge in [0.05, 0.1) is 14.2 Å². The van der Waals surface area contributed by atoms with Crippen molar-refractivity contribution in [2.45, 2.75) is 31.7 Å². The van der Waals surface area contributed by atoms with Crippen LogP contribution in [0.15, 0.2) is 18.2 Å². The molecular weight excluding hydrogens is 254 g/mol. The molecule has 0 spiro atoms. The minimum Gasteiger partial charge on any atom is -0.496 e. The second-order valence-electron chi connectivity index (χ2n) is 5.79. The zero-order chi connectivity index (χ0) is 14.1. The summed E-state index contributed by atoms with van der Waals surface area (Å²) in [5, 5.41) is 3.18. The normalized spacial score (nSPS) is 27.4. The molecule has 3 unspecified atom stereocenters. The Hall–Kier alpha value is -1.71. The minimum atomic E-state index is -0.0862. The summed E-state index contributed by atoms with van der Waals surface area (Å²) in [5.41, 5.74) is 0.500. The van der Waals surface area contributed by atoms with E-state index < -0.39 is 0 Å². The highest BCUT2D eigenvalue weighted by Crippen LogP contribution is 2.44. The van der Waals surface area contributed by atoms with Gasteiger partial charge in [-0.2, -0.15) is 0 Å². The quantitative estimate of drug-likeness (QED) is 0.919. The summed E-state index contributed by atoms with van der Waals surface area (Å²) < 4.78 is 10.6. The molecule has 0 aromatic heterocycles. The van der Waals surface area contributed by atoms with Crippen LogP contribution in [0.3, 0.4) is 0 Å². The van der Waals surface area contributed by atoms with Gasteiger partial charge in [0.1, 0.15) is 17.1 Å². The second-order valence-corrected chi connectivity index (χ2v) is 5.79. The first-order chi connectivity index (χ1) is 9.72. The lowest BCUT2D eigenvalue weighted by Gasteiger charge is -2.23. The molecule has 4 nitrogen and oxygen atoms in total. The van der Waals surface area contributed by atoms with Gasteiger partial charge in [-0.3, -0.25) is 4.79 Å². The molecule has 2 fully saturated rings. The van der Waals surface area contributed by atoms with E-state index in [9.17, 15) is 4.79 Å². The molecule has 2 aliphatic rings. The number of amides is 1. The first-order valence-corrected chi connectivity index (χ1v) is 7.24. The van der Waals surface area contributed by atoms with Crippen molar-refractivity contribution in [3.63, 3.8) is 0 Å². The molecule has 0 saturated heterocycles. The Morgan fingerprint density at radius 2 is 1.85 bits per heavy atom. The predicted molar refractivity (Wildman–Crippen MR) is 76.2 cm³/mol. The zero-order valence-electron chi connectivity index (χ0n) is 12.0. The van der Waals surface area contributed by atoms with E-state index in [-0.39, 0.29) is 5.91 Å². The summed E-state index contributed by atoms with van der Waals surface area (Å²) in [6.45, 7) is 0. The van der Waals surface area contributed by atoms with Gasteiger partial charge in [0, 0.05) is 6.04 Å². The lowest BCUT2D eigenvalue weighted by atomic mass is 9.95. The molecule has 0 radical (unpaired) electrons. The van der Waals surface area contributed by atoms with Crippen LogP contribution < -0.4 is 14.8 Å². The van der Waals surface area contributed by atoms with Crippen LogP contribution >= 0.6 is 0 Å². The number of rotatable bonds is 4. The van der Waals surface area contributed by atoms with Gasteiger partial charge in [0.2, 0.25) is 0 Å². The molecule has 2 saturated carbocycles. The topological polar surface area (TPSA) is 47.6 Å². The van der Waals surface area contributed by atoms with E-state index >= 15 is 0 Å². The maximum atomic E-state index is 12.6. The van der Waals surface area contributed by atoms with Crippen LogP contribution in [-0.2, 0) is 0 Å². The van der Waals surface area contributed by atoms with E-state index in [1.807, 2.05) is 6.07 Å². The average molecular weight is 275 g/mol. The molecule has 1 aromatic rings. The summed E-state index contributed by atoms with van der Waals surface area (Å²) in [6.07, 6.45) is 4.97. The standard InChI is InChI=1S/C16H21NO3/c1-19-13-4-3-5-14(20-2)15(13)16(18)17-12-9-10-6-7-11(12)8-10/h3-5,10-12H,6-9H2,1-2H3,(H,17,18). The van der Waals surface area contributed by atoms with E-state index in [4.69, 9.17) is 9.47 Å². The molecule has 0 heterocycles. The maximum Gasteiger partial charge on any atom is 0.259 e. The first kappa shape index (κ1) is 13.3. The Labute approximate surface area is 119 Å². The van der Waals surface area contributed by atoms with E-state index in [2.05, 4.69) is 5.32 Å². The van der Waals surface area contributed by atoms with Gasteiger partial charge in [-0.05, 0) is 43.2 Å². The fraction of sp³-hybridized carbons (Fsp3) is 0.562. The number of hydrogen-bond acceptors (Lipinski definition) is 3. The van der Waals surface area contributed by atoms with Gasteiger partial charge in [0.25, 0.3) is 5.91 Å². The van der Waals surface area contributed by atoms with E-state index in [0.717, 1.165) is 12.3 Å². The summed E-state index contributed by atoms with van der Waals surface area (Å²) >= 11 is 0. The molecule has 2 bridgehead atoms. The summed E-state index contributed by atoms with van der Waals surface area (Å²) in [7, 11) is 3.15. The number of fused-ring (bicyclic) bond motifs is 2. The van der Waals surface area contributed by atoms with Crippen molar-refractivity contribution < 1.29 is 14.3 Å². The monoisotopic (exact) mass is 275 g/mol. The van der Waals surface area contributed by atoms with Gasteiger partial charge >= 0.3 is 0 Å². The van der Waals surface area contributed by atoms with Crippen molar-refractivity contribution in [1.82, 2.24) is 5.32 Å². The van der Waals surface area contributed by atoms with Gasteiger partial charge in [-0.1, -0.05) is 12.5 Å². The maximum absolute atomic E-state index is 12.6. The second kappa shape index (κ2) is 5.35. The van der Waals surface area contributed by atoms with Crippen molar-refractivity contribution >= 4 is 5.91 Å². The van der Waals surface area contributed by atoms with Crippen molar-refractivity contribution in [3.05, 3.63) is 23.8 Å². The zero-order valence-corrected chi connectivity index (χ0v) is 12.0. The highest BCUT2D eigenvalue weighted by Gasteiger charge is 2.40. The molecule has 1 aromatic carbocycles. The third kappa shape index (κ3) is 2.23. The number of nitrogens with one attached hydrogen (secondary N) is 1. The summed E-state index contributed by atoms with van der Waals surface area (Å²) in [6, 6.07) is 5.72. The first-order valence-electron chi connectivity index (χ1n) is 7.24. The van der Waals surface area contributed by atoms with Gasteiger partial charge in [0.15, 0.2) is 0 Å². The Balaban J connectivity index is 1.80. The third-order valence-electron chi connectivity index (χ3n) is 4.71. The highest BCUT2D eigenvalue weighted by atomic mass is 16.5. The Morgan fingerprint density at radius 1 is 1.15 bits per heavy atom. The Kier molecular flexibility index (Phi) is 3.55. The van der Waals surface area contributed by atoms with Crippen LogP contribution in [0.5, 0.6) is 11.5 Å². The van der Waals surface area contributed by atoms with Crippen molar-refractivity contribution in [1.29, 1.82) is 0 Å². The van der Waals surface area contributed by atoms with Crippen molar-refractivity contribution in [2.24, 2.45) is 11.8 Å². The molecule has 3 rings (SSSR count). The fourth-order valence-corrected chi connectivity index (χ4v) is 3.74. The van der Waals surface area contributed by atoms with Gasteiger partial charge < -0.3 is 14.8 Å². The molecule has 1 N–H and O–H groups in total. The third-order valence-corrected chi connectivity index (χ3v) is 4.71. The van der Waals surface area contributed by atoms with Crippen LogP contribution in [0.25, 0.3) is 0 Å². The molecule has 3 atom stereocenters. The van der Waals surface area contributed by atoms with Crippen LogP contribution in [-0.4, -0.2) is 26.2 Å². The summed E-state index contributed by atoms with van der Waals surface area (Å²) in [4.78, 5) is 12.6. The minimum absolute atomic E-state index is 0.0862. The van der Waals surface area contributed by atoms with Crippen LogP contribution in [0.2, 0.25) is 0 Å². The average Bonchev–Trinajstić information content (AvgIpc) is 3.08. The van der Waals surface area contributed by atoms with Crippen LogP contribution in [0, 0.1) is 11.8 Å². The van der Waals surface area contributed by atoms with E-state index in [1.165, 1.54) is 19.3 Å². The lowest BCUT2D eigenvalue weighted by molar-refractivity contribution is 0.0916. The predicted octanol–water partition coefficient (Wildman–Crippen LogP) is 2.62. The number of benzene rings is 1. The van der Waals surface area contributed by atoms with Crippen LogP contribution in [0.4, 0.5) is 0 Å². The van der Waals surface area contributed by atoms with E-state index in [0.29, 0.717) is 29.0 Å².